The van der Waals surface area contributed by atoms with Gasteiger partial charge in [-0.3, -0.25) is 4.79 Å². The van der Waals surface area contributed by atoms with E-state index in [1.165, 1.54) is 17.0 Å². The molecule has 1 aliphatic rings. The van der Waals surface area contributed by atoms with Gasteiger partial charge in [0.2, 0.25) is 5.91 Å². The number of nitrogens with two attached hydrogens (primary N) is 1. The zero-order valence-electron chi connectivity index (χ0n) is 12.3. The molecule has 0 spiro atoms. The number of alkyl halides is 3. The third kappa shape index (κ3) is 2.70. The van der Waals surface area contributed by atoms with Gasteiger partial charge in [-0.1, -0.05) is 24.3 Å². The molecular weight excluding hydrogens is 305 g/mol. The SMILES string of the molecule is Cc1cccc(N2C(=O)[C@@H](N)[C@@H]2c2ccc(C(F)(F)F)cc2)c1. The molecule has 1 heterocycles. The summed E-state index contributed by atoms with van der Waals surface area (Å²) in [6.07, 6.45) is -4.38. The monoisotopic (exact) mass is 320 g/mol. The first kappa shape index (κ1) is 15.6. The van der Waals surface area contributed by atoms with Gasteiger partial charge in [0, 0.05) is 5.69 Å². The average molecular weight is 320 g/mol. The first-order valence-electron chi connectivity index (χ1n) is 7.11. The smallest absolute Gasteiger partial charge is 0.318 e. The number of hydrogen-bond donors (Lipinski definition) is 1. The second kappa shape index (κ2) is 5.38. The van der Waals surface area contributed by atoms with Gasteiger partial charge in [0.25, 0.3) is 0 Å². The van der Waals surface area contributed by atoms with Gasteiger partial charge in [-0.25, -0.2) is 0 Å². The van der Waals surface area contributed by atoms with Gasteiger partial charge in [-0.05, 0) is 42.3 Å². The number of rotatable bonds is 2. The molecule has 0 radical (unpaired) electrons. The molecule has 2 N–H and O–H groups in total. The molecule has 0 aromatic heterocycles. The lowest BCUT2D eigenvalue weighted by atomic mass is 9.88. The molecule has 2 aromatic rings. The third-order valence-electron chi connectivity index (χ3n) is 4.00. The molecule has 3 nitrogen and oxygen atoms in total. The van der Waals surface area contributed by atoms with E-state index in [1.807, 2.05) is 25.1 Å². The van der Waals surface area contributed by atoms with Crippen molar-refractivity contribution in [1.29, 1.82) is 0 Å². The molecule has 23 heavy (non-hydrogen) atoms. The Morgan fingerprint density at radius 3 is 2.30 bits per heavy atom. The summed E-state index contributed by atoms with van der Waals surface area (Å²) in [7, 11) is 0. The molecular formula is C17H15F3N2O. The quantitative estimate of drug-likeness (QED) is 0.862. The maximum atomic E-state index is 12.7. The van der Waals surface area contributed by atoms with Crippen LogP contribution in [-0.4, -0.2) is 11.9 Å². The normalized spacial score (nSPS) is 21.3. The van der Waals surface area contributed by atoms with E-state index < -0.39 is 23.8 Å². The summed E-state index contributed by atoms with van der Waals surface area (Å²) in [6, 6.07) is 10.9. The summed E-state index contributed by atoms with van der Waals surface area (Å²) >= 11 is 0. The Morgan fingerprint density at radius 2 is 1.74 bits per heavy atom. The minimum atomic E-state index is -4.38. The van der Waals surface area contributed by atoms with Crippen LogP contribution in [0.1, 0.15) is 22.7 Å². The van der Waals surface area contributed by atoms with Gasteiger partial charge >= 0.3 is 6.18 Å². The van der Waals surface area contributed by atoms with Crippen molar-refractivity contribution in [1.82, 2.24) is 0 Å². The highest BCUT2D eigenvalue weighted by atomic mass is 19.4. The number of halogens is 3. The number of carbonyl (C=O) groups is 1. The van der Waals surface area contributed by atoms with Crippen LogP contribution in [-0.2, 0) is 11.0 Å². The van der Waals surface area contributed by atoms with Crippen LogP contribution in [0.3, 0.4) is 0 Å². The molecule has 6 heteroatoms. The van der Waals surface area contributed by atoms with Crippen LogP contribution in [0.5, 0.6) is 0 Å². The molecule has 1 saturated heterocycles. The second-order valence-electron chi connectivity index (χ2n) is 5.64. The van der Waals surface area contributed by atoms with Gasteiger partial charge in [0.15, 0.2) is 0 Å². The van der Waals surface area contributed by atoms with Gasteiger partial charge < -0.3 is 10.6 Å². The highest BCUT2D eigenvalue weighted by Crippen LogP contribution is 2.39. The van der Waals surface area contributed by atoms with E-state index in [1.54, 1.807) is 6.07 Å². The van der Waals surface area contributed by atoms with Crippen molar-refractivity contribution in [2.24, 2.45) is 5.73 Å². The Hall–Kier alpha value is -2.34. The minimum absolute atomic E-state index is 0.236. The third-order valence-corrected chi connectivity index (χ3v) is 4.00. The predicted molar refractivity (Wildman–Crippen MR) is 80.8 cm³/mol. The molecule has 0 saturated carbocycles. The Morgan fingerprint density at radius 1 is 1.09 bits per heavy atom. The number of amides is 1. The van der Waals surface area contributed by atoms with E-state index in [4.69, 9.17) is 5.73 Å². The van der Waals surface area contributed by atoms with Crippen LogP contribution < -0.4 is 10.6 Å². The van der Waals surface area contributed by atoms with Gasteiger partial charge in [0.1, 0.15) is 6.04 Å². The molecule has 0 bridgehead atoms. The Kier molecular flexibility index (Phi) is 3.64. The number of hydrogen-bond acceptors (Lipinski definition) is 2. The minimum Gasteiger partial charge on any atom is -0.318 e. The van der Waals surface area contributed by atoms with Crippen molar-refractivity contribution in [3.05, 3.63) is 65.2 Å². The molecule has 1 aliphatic heterocycles. The van der Waals surface area contributed by atoms with Crippen LogP contribution in [0.25, 0.3) is 0 Å². The van der Waals surface area contributed by atoms with Crippen molar-refractivity contribution < 1.29 is 18.0 Å². The first-order valence-corrected chi connectivity index (χ1v) is 7.11. The Balaban J connectivity index is 1.93. The van der Waals surface area contributed by atoms with Gasteiger partial charge in [0.05, 0.1) is 11.6 Å². The highest BCUT2D eigenvalue weighted by molar-refractivity contribution is 6.05. The lowest BCUT2D eigenvalue weighted by Crippen LogP contribution is -2.63. The second-order valence-corrected chi connectivity index (χ2v) is 5.64. The largest absolute Gasteiger partial charge is 0.416 e. The summed E-state index contributed by atoms with van der Waals surface area (Å²) in [5, 5.41) is 0. The van der Waals surface area contributed by atoms with Crippen LogP contribution in [0.4, 0.5) is 18.9 Å². The summed E-state index contributed by atoms with van der Waals surface area (Å²) in [5.74, 6) is -0.236. The number of aryl methyl sites for hydroxylation is 1. The van der Waals surface area contributed by atoms with E-state index in [9.17, 15) is 18.0 Å². The summed E-state index contributed by atoms with van der Waals surface area (Å²) in [6.45, 7) is 1.90. The molecule has 1 fully saturated rings. The molecule has 0 unspecified atom stereocenters. The Bertz CT molecular complexity index is 740. The van der Waals surface area contributed by atoms with E-state index in [-0.39, 0.29) is 5.91 Å². The number of anilines is 1. The average Bonchev–Trinajstić information content (AvgIpc) is 2.50. The lowest BCUT2D eigenvalue weighted by Gasteiger charge is -2.45. The summed E-state index contributed by atoms with van der Waals surface area (Å²) < 4.78 is 38.0. The van der Waals surface area contributed by atoms with E-state index in [0.717, 1.165) is 17.7 Å². The van der Waals surface area contributed by atoms with Gasteiger partial charge in [-0.2, -0.15) is 13.2 Å². The van der Waals surface area contributed by atoms with Crippen LogP contribution in [0.2, 0.25) is 0 Å². The Labute approximate surface area is 131 Å². The number of carbonyl (C=O) groups excluding carboxylic acids is 1. The van der Waals surface area contributed by atoms with Crippen molar-refractivity contribution in [2.45, 2.75) is 25.2 Å². The number of benzene rings is 2. The molecule has 3 rings (SSSR count). The lowest BCUT2D eigenvalue weighted by molar-refractivity contribution is -0.137. The molecule has 0 aliphatic carbocycles. The zero-order chi connectivity index (χ0) is 16.8. The predicted octanol–water partition coefficient (Wildman–Crippen LogP) is 3.43. The molecule has 1 amide bonds. The van der Waals surface area contributed by atoms with Crippen molar-refractivity contribution in [2.75, 3.05) is 4.90 Å². The maximum absolute atomic E-state index is 12.7. The summed E-state index contributed by atoms with van der Waals surface area (Å²) in [5.41, 5.74) is 7.43. The van der Waals surface area contributed by atoms with E-state index in [2.05, 4.69) is 0 Å². The molecule has 2 atom stereocenters. The fourth-order valence-electron chi connectivity index (χ4n) is 2.80. The van der Waals surface area contributed by atoms with Crippen molar-refractivity contribution in [3.63, 3.8) is 0 Å². The van der Waals surface area contributed by atoms with Crippen LogP contribution >= 0.6 is 0 Å². The topological polar surface area (TPSA) is 46.3 Å². The summed E-state index contributed by atoms with van der Waals surface area (Å²) in [4.78, 5) is 13.6. The first-order chi connectivity index (χ1) is 10.8. The highest BCUT2D eigenvalue weighted by Gasteiger charge is 2.46. The standard InChI is InChI=1S/C17H15F3N2O/c1-10-3-2-4-13(9-10)22-15(14(21)16(22)23)11-5-7-12(8-6-11)17(18,19)20/h2-9,14-15H,21H2,1H3/t14-,15-/m0/s1. The fourth-order valence-corrected chi connectivity index (χ4v) is 2.80. The van der Waals surface area contributed by atoms with Crippen molar-refractivity contribution >= 4 is 11.6 Å². The van der Waals surface area contributed by atoms with Gasteiger partial charge in [-0.15, -0.1) is 0 Å². The maximum Gasteiger partial charge on any atom is 0.416 e. The van der Waals surface area contributed by atoms with Crippen molar-refractivity contribution in [3.8, 4) is 0 Å². The number of nitrogens with zero attached hydrogens (tertiary/aromatic N) is 1. The van der Waals surface area contributed by atoms with E-state index >= 15 is 0 Å². The fraction of sp³-hybridized carbons (Fsp3) is 0.235. The van der Waals surface area contributed by atoms with E-state index in [0.29, 0.717) is 11.3 Å². The van der Waals surface area contributed by atoms with Crippen LogP contribution in [0, 0.1) is 6.92 Å². The molecule has 120 valence electrons. The zero-order valence-corrected chi connectivity index (χ0v) is 12.3. The number of β-lactam (4-membered cyclic amide) rings is 1. The van der Waals surface area contributed by atoms with Crippen LogP contribution in [0.15, 0.2) is 48.5 Å². The molecule has 2 aromatic carbocycles.